The summed E-state index contributed by atoms with van der Waals surface area (Å²) < 4.78 is 0. The summed E-state index contributed by atoms with van der Waals surface area (Å²) in [5.74, 6) is -0.503. The Morgan fingerprint density at radius 1 is 1.58 bits per heavy atom. The van der Waals surface area contributed by atoms with Crippen molar-refractivity contribution in [1.82, 2.24) is 5.32 Å². The molecule has 0 saturated carbocycles. The zero-order chi connectivity index (χ0) is 9.78. The normalized spacial score (nSPS) is 12.8. The van der Waals surface area contributed by atoms with Gasteiger partial charge in [-0.15, -0.1) is 11.6 Å². The van der Waals surface area contributed by atoms with Crippen LogP contribution in [0.4, 0.5) is 0 Å². The van der Waals surface area contributed by atoms with Gasteiger partial charge in [0.1, 0.15) is 5.76 Å². The van der Waals surface area contributed by atoms with Crippen molar-refractivity contribution in [3.63, 3.8) is 0 Å². The Morgan fingerprint density at radius 3 is 2.42 bits per heavy atom. The quantitative estimate of drug-likeness (QED) is 0.396. The maximum atomic E-state index is 11.0. The van der Waals surface area contributed by atoms with Crippen molar-refractivity contribution >= 4 is 17.5 Å². The molecule has 0 atom stereocenters. The Kier molecular flexibility index (Phi) is 4.10. The highest BCUT2D eigenvalue weighted by atomic mass is 35.5. The molecule has 0 spiro atoms. The van der Waals surface area contributed by atoms with Gasteiger partial charge in [-0.05, 0) is 20.8 Å². The van der Waals surface area contributed by atoms with Gasteiger partial charge in [-0.1, -0.05) is 0 Å². The van der Waals surface area contributed by atoms with Crippen molar-refractivity contribution < 1.29 is 9.90 Å². The van der Waals surface area contributed by atoms with Crippen molar-refractivity contribution in [2.75, 3.05) is 5.88 Å². The van der Waals surface area contributed by atoms with Crippen LogP contribution in [0.3, 0.4) is 0 Å². The lowest BCUT2D eigenvalue weighted by Crippen LogP contribution is -2.39. The Bertz CT molecular complexity index is 194. The minimum atomic E-state index is -0.333. The number of allylic oxidation sites excluding steroid dienone is 1. The van der Waals surface area contributed by atoms with Crippen molar-refractivity contribution in [3.8, 4) is 0 Å². The molecular weight excluding hydrogens is 178 g/mol. The van der Waals surface area contributed by atoms with Crippen LogP contribution in [0.1, 0.15) is 20.8 Å². The highest BCUT2D eigenvalue weighted by molar-refractivity contribution is 6.19. The fraction of sp³-hybridized carbons (Fsp3) is 0.625. The molecule has 0 aliphatic heterocycles. The fourth-order valence-electron chi connectivity index (χ4n) is 0.596. The van der Waals surface area contributed by atoms with Crippen LogP contribution in [0.25, 0.3) is 0 Å². The van der Waals surface area contributed by atoms with E-state index < -0.39 is 0 Å². The topological polar surface area (TPSA) is 49.3 Å². The molecule has 0 unspecified atom stereocenters. The summed E-state index contributed by atoms with van der Waals surface area (Å²) in [7, 11) is 0. The Labute approximate surface area is 77.4 Å². The van der Waals surface area contributed by atoms with Gasteiger partial charge in [-0.3, -0.25) is 4.79 Å². The molecule has 0 fully saturated rings. The molecule has 1 amide bonds. The van der Waals surface area contributed by atoms with E-state index in [1.54, 1.807) is 0 Å². The van der Waals surface area contributed by atoms with E-state index in [-0.39, 0.29) is 23.1 Å². The first-order chi connectivity index (χ1) is 5.35. The molecule has 0 aromatic heterocycles. The summed E-state index contributed by atoms with van der Waals surface area (Å²) in [6.45, 7) is 5.57. The minimum absolute atomic E-state index is 0.0441. The summed E-state index contributed by atoms with van der Waals surface area (Å²) in [6.07, 6.45) is 1.08. The van der Waals surface area contributed by atoms with Crippen LogP contribution in [-0.2, 0) is 4.79 Å². The lowest BCUT2D eigenvalue weighted by molar-refractivity contribution is -0.117. The third-order valence-electron chi connectivity index (χ3n) is 0.933. The molecule has 0 aromatic rings. The van der Waals surface area contributed by atoms with Gasteiger partial charge in [0.15, 0.2) is 0 Å². The van der Waals surface area contributed by atoms with Gasteiger partial charge in [-0.2, -0.15) is 0 Å². The van der Waals surface area contributed by atoms with Crippen LogP contribution in [0.5, 0.6) is 0 Å². The first-order valence-electron chi connectivity index (χ1n) is 3.63. The van der Waals surface area contributed by atoms with Crippen LogP contribution in [0, 0.1) is 0 Å². The van der Waals surface area contributed by atoms with Gasteiger partial charge in [0, 0.05) is 11.6 Å². The first-order valence-corrected chi connectivity index (χ1v) is 4.16. The number of alkyl halides is 1. The number of hydrogen-bond donors (Lipinski definition) is 2. The molecule has 0 rings (SSSR count). The zero-order valence-corrected chi connectivity index (χ0v) is 8.27. The number of carbonyl (C=O) groups is 1. The summed E-state index contributed by atoms with van der Waals surface area (Å²) in [5, 5.41) is 11.5. The largest absolute Gasteiger partial charge is 0.511 e. The highest BCUT2D eigenvalue weighted by Gasteiger charge is 2.11. The summed E-state index contributed by atoms with van der Waals surface area (Å²) in [4.78, 5) is 11.0. The first kappa shape index (κ1) is 11.3. The molecular formula is C8H14ClNO2. The van der Waals surface area contributed by atoms with Crippen LogP contribution in [0.15, 0.2) is 11.8 Å². The average Bonchev–Trinajstić information content (AvgIpc) is 1.82. The van der Waals surface area contributed by atoms with Crippen molar-refractivity contribution in [3.05, 3.63) is 11.8 Å². The Morgan fingerprint density at radius 2 is 2.08 bits per heavy atom. The molecule has 0 bridgehead atoms. The second kappa shape index (κ2) is 4.36. The van der Waals surface area contributed by atoms with Gasteiger partial charge >= 0.3 is 0 Å². The van der Waals surface area contributed by atoms with Crippen molar-refractivity contribution in [1.29, 1.82) is 0 Å². The third-order valence-corrected chi connectivity index (χ3v) is 1.21. The van der Waals surface area contributed by atoms with E-state index >= 15 is 0 Å². The SMILES string of the molecule is CC(C)(C)NC(=O)/C=C(\O)CCl. The Hall–Kier alpha value is -0.700. The van der Waals surface area contributed by atoms with Gasteiger partial charge in [-0.25, -0.2) is 0 Å². The van der Waals surface area contributed by atoms with E-state index in [0.717, 1.165) is 6.08 Å². The van der Waals surface area contributed by atoms with E-state index in [2.05, 4.69) is 5.32 Å². The van der Waals surface area contributed by atoms with Crippen molar-refractivity contribution in [2.45, 2.75) is 26.3 Å². The zero-order valence-electron chi connectivity index (χ0n) is 7.52. The van der Waals surface area contributed by atoms with Crippen LogP contribution >= 0.6 is 11.6 Å². The molecule has 0 radical (unpaired) electrons. The fourth-order valence-corrected chi connectivity index (χ4v) is 0.673. The predicted molar refractivity (Wildman–Crippen MR) is 49.3 cm³/mol. The number of aliphatic hydroxyl groups is 1. The number of halogens is 1. The molecule has 3 nitrogen and oxygen atoms in total. The second-order valence-corrected chi connectivity index (χ2v) is 3.78. The summed E-state index contributed by atoms with van der Waals surface area (Å²) in [6, 6.07) is 0. The van der Waals surface area contributed by atoms with Crippen LogP contribution in [-0.4, -0.2) is 22.4 Å². The number of hydrogen-bond acceptors (Lipinski definition) is 2. The van der Waals surface area contributed by atoms with E-state index in [4.69, 9.17) is 16.7 Å². The summed E-state index contributed by atoms with van der Waals surface area (Å²) >= 11 is 5.27. The van der Waals surface area contributed by atoms with E-state index in [1.807, 2.05) is 20.8 Å². The standard InChI is InChI=1S/C8H14ClNO2/c1-8(2,3)10-7(12)4-6(11)5-9/h4,11H,5H2,1-3H3,(H,10,12)/b6-4-. The van der Waals surface area contributed by atoms with Gasteiger partial charge < -0.3 is 10.4 Å². The van der Waals surface area contributed by atoms with Gasteiger partial charge in [0.2, 0.25) is 5.91 Å². The van der Waals surface area contributed by atoms with Crippen molar-refractivity contribution in [2.24, 2.45) is 0 Å². The van der Waals surface area contributed by atoms with E-state index in [1.165, 1.54) is 0 Å². The molecule has 2 N–H and O–H groups in total. The molecule has 0 saturated heterocycles. The number of nitrogens with one attached hydrogen (secondary N) is 1. The minimum Gasteiger partial charge on any atom is -0.511 e. The van der Waals surface area contributed by atoms with E-state index in [0.29, 0.717) is 0 Å². The van der Waals surface area contributed by atoms with E-state index in [9.17, 15) is 4.79 Å². The molecule has 4 heteroatoms. The van der Waals surface area contributed by atoms with Crippen LogP contribution in [0.2, 0.25) is 0 Å². The smallest absolute Gasteiger partial charge is 0.247 e. The summed E-state index contributed by atoms with van der Waals surface area (Å²) in [5.41, 5.74) is -0.291. The predicted octanol–water partition coefficient (Wildman–Crippen LogP) is 1.58. The molecule has 70 valence electrons. The number of rotatable bonds is 2. The monoisotopic (exact) mass is 191 g/mol. The molecule has 0 aliphatic rings. The molecule has 0 aromatic carbocycles. The van der Waals surface area contributed by atoms with Gasteiger partial charge in [0.25, 0.3) is 0 Å². The maximum absolute atomic E-state index is 11.0. The number of carbonyl (C=O) groups excluding carboxylic acids is 1. The maximum Gasteiger partial charge on any atom is 0.247 e. The lowest BCUT2D eigenvalue weighted by atomic mass is 10.1. The highest BCUT2D eigenvalue weighted by Crippen LogP contribution is 1.99. The molecule has 12 heavy (non-hydrogen) atoms. The molecule has 0 heterocycles. The second-order valence-electron chi connectivity index (χ2n) is 3.51. The molecule has 0 aliphatic carbocycles. The van der Waals surface area contributed by atoms with Gasteiger partial charge in [0.05, 0.1) is 5.88 Å². The lowest BCUT2D eigenvalue weighted by Gasteiger charge is -2.19. The number of aliphatic hydroxyl groups excluding tert-OH is 1. The number of amides is 1. The Balaban J connectivity index is 4.08. The average molecular weight is 192 g/mol. The third kappa shape index (κ3) is 6.04. The van der Waals surface area contributed by atoms with Crippen LogP contribution < -0.4 is 5.32 Å².